The standard InChI is InChI=1S/C18H18O7/c1-2-4-12-18-16(23)14-10(5-3-6-11(14)19)15(22)17(18,25-18)8-9(24-12)7-13(20)21/h3,5-6,9,12,19H,2,4,7-8H2,1H3,(H,20,21)/t9-,12-,17-,18+/m1/s1. The van der Waals surface area contributed by atoms with Crippen LogP contribution < -0.4 is 0 Å². The molecule has 4 atom stereocenters. The van der Waals surface area contributed by atoms with Crippen LogP contribution in [0.15, 0.2) is 18.2 Å². The minimum Gasteiger partial charge on any atom is -0.507 e. The van der Waals surface area contributed by atoms with Crippen molar-refractivity contribution in [1.29, 1.82) is 0 Å². The molecule has 1 aliphatic carbocycles. The highest BCUT2D eigenvalue weighted by molar-refractivity contribution is 6.26. The van der Waals surface area contributed by atoms with Crippen LogP contribution in [0.2, 0.25) is 0 Å². The average Bonchev–Trinajstić information content (AvgIpc) is 3.25. The summed E-state index contributed by atoms with van der Waals surface area (Å²) in [7, 11) is 0. The van der Waals surface area contributed by atoms with Crippen LogP contribution in [0.4, 0.5) is 0 Å². The van der Waals surface area contributed by atoms with Crippen molar-refractivity contribution in [2.24, 2.45) is 0 Å². The van der Waals surface area contributed by atoms with Gasteiger partial charge in [0.25, 0.3) is 0 Å². The molecule has 2 N–H and O–H groups in total. The Hall–Kier alpha value is -2.25. The van der Waals surface area contributed by atoms with E-state index in [-0.39, 0.29) is 35.5 Å². The lowest BCUT2D eigenvalue weighted by Gasteiger charge is -2.38. The molecule has 4 rings (SSSR count). The van der Waals surface area contributed by atoms with Crippen LogP contribution in [0.5, 0.6) is 5.75 Å². The van der Waals surface area contributed by atoms with Gasteiger partial charge in [-0.25, -0.2) is 0 Å². The first-order chi connectivity index (χ1) is 11.9. The summed E-state index contributed by atoms with van der Waals surface area (Å²) in [6.45, 7) is 1.91. The summed E-state index contributed by atoms with van der Waals surface area (Å²) in [5, 5.41) is 19.2. The second-order valence-corrected chi connectivity index (χ2v) is 6.86. The van der Waals surface area contributed by atoms with Crippen LogP contribution in [0.1, 0.15) is 53.3 Å². The number of ether oxygens (including phenoxy) is 2. The van der Waals surface area contributed by atoms with E-state index in [9.17, 15) is 19.5 Å². The van der Waals surface area contributed by atoms with Crippen molar-refractivity contribution in [2.75, 3.05) is 0 Å². The Morgan fingerprint density at radius 3 is 2.76 bits per heavy atom. The Bertz CT molecular complexity index is 801. The normalized spacial score (nSPS) is 35.6. The van der Waals surface area contributed by atoms with Crippen LogP contribution in [-0.2, 0) is 14.3 Å². The molecule has 7 heteroatoms. The number of ketones is 2. The number of hydrogen-bond donors (Lipinski definition) is 2. The van der Waals surface area contributed by atoms with Gasteiger partial charge in [0.2, 0.25) is 5.78 Å². The Morgan fingerprint density at radius 1 is 1.32 bits per heavy atom. The highest BCUT2D eigenvalue weighted by Crippen LogP contribution is 2.64. The molecular weight excluding hydrogens is 328 g/mol. The van der Waals surface area contributed by atoms with Gasteiger partial charge in [0, 0.05) is 12.0 Å². The fourth-order valence-electron chi connectivity index (χ4n) is 4.37. The molecule has 0 saturated carbocycles. The number of hydrogen-bond acceptors (Lipinski definition) is 6. The van der Waals surface area contributed by atoms with Crippen molar-refractivity contribution in [3.63, 3.8) is 0 Å². The third-order valence-corrected chi connectivity index (χ3v) is 5.39. The first-order valence-electron chi connectivity index (χ1n) is 8.36. The fraction of sp³-hybridized carbons (Fsp3) is 0.500. The summed E-state index contributed by atoms with van der Waals surface area (Å²) < 4.78 is 11.7. The van der Waals surface area contributed by atoms with Crippen molar-refractivity contribution in [3.05, 3.63) is 29.3 Å². The minimum absolute atomic E-state index is 0.0259. The first kappa shape index (κ1) is 16.2. The monoisotopic (exact) mass is 346 g/mol. The molecule has 0 radical (unpaired) electrons. The summed E-state index contributed by atoms with van der Waals surface area (Å²) in [6, 6.07) is 4.36. The number of carbonyl (C=O) groups is 3. The zero-order valence-corrected chi connectivity index (χ0v) is 13.7. The molecule has 0 amide bonds. The van der Waals surface area contributed by atoms with Crippen LogP contribution in [0.25, 0.3) is 0 Å². The van der Waals surface area contributed by atoms with E-state index in [1.165, 1.54) is 18.2 Å². The number of epoxide rings is 1. The van der Waals surface area contributed by atoms with Gasteiger partial charge in [-0.05, 0) is 12.5 Å². The minimum atomic E-state index is -1.44. The summed E-state index contributed by atoms with van der Waals surface area (Å²) >= 11 is 0. The molecule has 1 aromatic rings. The number of carbonyl (C=O) groups excluding carboxylic acids is 2. The van der Waals surface area contributed by atoms with Crippen LogP contribution in [0.3, 0.4) is 0 Å². The van der Waals surface area contributed by atoms with E-state index in [1.807, 2.05) is 6.92 Å². The molecule has 2 heterocycles. The van der Waals surface area contributed by atoms with Gasteiger partial charge in [0.05, 0.1) is 24.2 Å². The number of aromatic hydroxyl groups is 1. The predicted octanol–water partition coefficient (Wildman–Crippen LogP) is 1.71. The lowest BCUT2D eigenvalue weighted by molar-refractivity contribution is -0.143. The van der Waals surface area contributed by atoms with Gasteiger partial charge in [0.15, 0.2) is 17.0 Å². The number of benzene rings is 1. The molecule has 1 aromatic carbocycles. The molecule has 2 fully saturated rings. The van der Waals surface area contributed by atoms with Crippen LogP contribution in [-0.4, -0.2) is 51.2 Å². The summed E-state index contributed by atoms with van der Waals surface area (Å²) in [4.78, 5) is 37.3. The number of rotatable bonds is 4. The highest BCUT2D eigenvalue weighted by atomic mass is 16.7. The van der Waals surface area contributed by atoms with Gasteiger partial charge in [-0.3, -0.25) is 14.4 Å². The van der Waals surface area contributed by atoms with E-state index in [0.717, 1.165) is 0 Å². The predicted molar refractivity (Wildman–Crippen MR) is 83.8 cm³/mol. The van der Waals surface area contributed by atoms with Gasteiger partial charge in [-0.15, -0.1) is 0 Å². The number of Topliss-reactive ketones (excluding diaryl/α,β-unsaturated/α-hetero) is 2. The molecule has 0 unspecified atom stereocenters. The molecule has 2 aliphatic heterocycles. The van der Waals surface area contributed by atoms with Gasteiger partial charge in [-0.2, -0.15) is 0 Å². The van der Waals surface area contributed by atoms with Crippen molar-refractivity contribution < 1.29 is 34.1 Å². The second kappa shape index (κ2) is 5.12. The van der Waals surface area contributed by atoms with E-state index < -0.39 is 35.2 Å². The summed E-state index contributed by atoms with van der Waals surface area (Å²) in [5.41, 5.74) is -2.71. The Morgan fingerprint density at radius 2 is 2.08 bits per heavy atom. The average molecular weight is 346 g/mol. The smallest absolute Gasteiger partial charge is 0.305 e. The fourth-order valence-corrected chi connectivity index (χ4v) is 4.37. The van der Waals surface area contributed by atoms with Gasteiger partial charge < -0.3 is 19.7 Å². The Kier molecular flexibility index (Phi) is 3.33. The lowest BCUT2D eigenvalue weighted by atomic mass is 9.67. The molecule has 7 nitrogen and oxygen atoms in total. The van der Waals surface area contributed by atoms with E-state index in [1.54, 1.807) is 0 Å². The van der Waals surface area contributed by atoms with Crippen molar-refractivity contribution >= 4 is 17.5 Å². The lowest BCUT2D eigenvalue weighted by Crippen LogP contribution is -2.58. The zero-order valence-electron chi connectivity index (χ0n) is 13.7. The molecule has 0 spiro atoms. The number of fused-ring (bicyclic) bond motifs is 1. The topological polar surface area (TPSA) is 113 Å². The zero-order chi connectivity index (χ0) is 18.0. The summed E-state index contributed by atoms with van der Waals surface area (Å²) in [6.07, 6.45) is -0.490. The van der Waals surface area contributed by atoms with Crippen molar-refractivity contribution in [2.45, 2.75) is 56.0 Å². The molecule has 0 bridgehead atoms. The van der Waals surface area contributed by atoms with Crippen molar-refractivity contribution in [3.8, 4) is 5.75 Å². The van der Waals surface area contributed by atoms with E-state index in [0.29, 0.717) is 12.8 Å². The number of phenolic OH excluding ortho intramolecular Hbond substituents is 1. The molecule has 2 saturated heterocycles. The van der Waals surface area contributed by atoms with E-state index in [4.69, 9.17) is 14.6 Å². The van der Waals surface area contributed by atoms with E-state index in [2.05, 4.69) is 0 Å². The molecule has 25 heavy (non-hydrogen) atoms. The Labute approximate surface area is 143 Å². The molecule has 132 valence electrons. The van der Waals surface area contributed by atoms with Gasteiger partial charge in [-0.1, -0.05) is 25.5 Å². The SMILES string of the molecule is CCC[C@H]1O[C@H](CC(=O)O)C[C@]23O[C@]12C(=O)c1c(O)cccc1C3=O. The quantitative estimate of drug-likeness (QED) is 0.798. The maximum Gasteiger partial charge on any atom is 0.305 e. The second-order valence-electron chi connectivity index (χ2n) is 6.86. The summed E-state index contributed by atoms with van der Waals surface area (Å²) in [5.74, 6) is -2.11. The highest BCUT2D eigenvalue weighted by Gasteiger charge is 2.85. The maximum absolute atomic E-state index is 13.2. The third kappa shape index (κ3) is 1.90. The number of aliphatic carboxylic acids is 1. The van der Waals surface area contributed by atoms with Crippen molar-refractivity contribution in [1.82, 2.24) is 0 Å². The Balaban J connectivity index is 1.84. The third-order valence-electron chi connectivity index (χ3n) is 5.39. The first-order valence-corrected chi connectivity index (χ1v) is 8.36. The molecular formula is C18H18O7. The number of phenols is 1. The molecule has 3 aliphatic rings. The molecule has 0 aromatic heterocycles. The number of carboxylic acid groups (broad SMARTS) is 1. The van der Waals surface area contributed by atoms with Crippen LogP contribution >= 0.6 is 0 Å². The van der Waals surface area contributed by atoms with Crippen LogP contribution in [0, 0.1) is 0 Å². The maximum atomic E-state index is 13.2. The van der Waals surface area contributed by atoms with E-state index >= 15 is 0 Å². The van der Waals surface area contributed by atoms with Gasteiger partial charge in [0.1, 0.15) is 5.75 Å². The largest absolute Gasteiger partial charge is 0.507 e. The number of carboxylic acids is 1. The van der Waals surface area contributed by atoms with Gasteiger partial charge >= 0.3 is 5.97 Å².